The minimum absolute atomic E-state index is 0.112. The molecule has 0 aromatic carbocycles. The van der Waals surface area contributed by atoms with Gasteiger partial charge in [-0.2, -0.15) is 0 Å². The highest BCUT2D eigenvalue weighted by Crippen LogP contribution is 2.19. The standard InChI is InChI=1S/C13H22N2O6/c1-3-6-15(8-11(16)20-2)13(19)14-7-9-4-5-10(21-9)12(17)18/h9-10H,3-8H2,1-2H3,(H,14,19)(H,17,18). The molecule has 0 radical (unpaired) electrons. The number of nitrogens with zero attached hydrogens (tertiary/aromatic N) is 1. The number of aliphatic carboxylic acids is 1. The Bertz CT molecular complexity index is 387. The van der Waals surface area contributed by atoms with Gasteiger partial charge in [-0.15, -0.1) is 0 Å². The second-order valence-electron chi connectivity index (χ2n) is 4.85. The largest absolute Gasteiger partial charge is 0.479 e. The Morgan fingerprint density at radius 3 is 2.62 bits per heavy atom. The molecule has 1 aliphatic rings. The number of hydrogen-bond acceptors (Lipinski definition) is 5. The highest BCUT2D eigenvalue weighted by molar-refractivity contribution is 5.80. The molecule has 0 bridgehead atoms. The van der Waals surface area contributed by atoms with Crippen molar-refractivity contribution in [3.05, 3.63) is 0 Å². The van der Waals surface area contributed by atoms with Crippen molar-refractivity contribution in [3.63, 3.8) is 0 Å². The molecule has 0 aromatic rings. The van der Waals surface area contributed by atoms with Crippen molar-refractivity contribution < 1.29 is 29.0 Å². The van der Waals surface area contributed by atoms with Crippen molar-refractivity contribution in [2.75, 3.05) is 26.7 Å². The van der Waals surface area contributed by atoms with Gasteiger partial charge in [-0.3, -0.25) is 4.79 Å². The number of nitrogens with one attached hydrogen (secondary N) is 1. The molecule has 1 fully saturated rings. The van der Waals surface area contributed by atoms with Crippen LogP contribution in [0.2, 0.25) is 0 Å². The van der Waals surface area contributed by atoms with Crippen molar-refractivity contribution in [1.29, 1.82) is 0 Å². The van der Waals surface area contributed by atoms with Crippen LogP contribution in [0.3, 0.4) is 0 Å². The van der Waals surface area contributed by atoms with E-state index in [2.05, 4.69) is 10.1 Å². The van der Waals surface area contributed by atoms with Crippen LogP contribution in [0, 0.1) is 0 Å². The monoisotopic (exact) mass is 302 g/mol. The third-order valence-corrected chi connectivity index (χ3v) is 3.19. The van der Waals surface area contributed by atoms with E-state index in [9.17, 15) is 14.4 Å². The summed E-state index contributed by atoms with van der Waals surface area (Å²) < 4.78 is 9.84. The van der Waals surface area contributed by atoms with E-state index in [1.165, 1.54) is 12.0 Å². The summed E-state index contributed by atoms with van der Waals surface area (Å²) >= 11 is 0. The van der Waals surface area contributed by atoms with Gasteiger partial charge in [0, 0.05) is 13.1 Å². The van der Waals surface area contributed by atoms with Gasteiger partial charge in [0.15, 0.2) is 6.10 Å². The number of ether oxygens (including phenoxy) is 2. The van der Waals surface area contributed by atoms with E-state index in [1.807, 2.05) is 6.92 Å². The first-order valence-corrected chi connectivity index (χ1v) is 6.95. The summed E-state index contributed by atoms with van der Waals surface area (Å²) in [7, 11) is 1.27. The van der Waals surface area contributed by atoms with Gasteiger partial charge in [-0.25, -0.2) is 9.59 Å². The van der Waals surface area contributed by atoms with E-state index in [1.54, 1.807) is 0 Å². The number of carbonyl (C=O) groups is 3. The lowest BCUT2D eigenvalue weighted by Gasteiger charge is -2.22. The van der Waals surface area contributed by atoms with E-state index in [-0.39, 0.29) is 25.2 Å². The van der Waals surface area contributed by atoms with Gasteiger partial charge in [-0.05, 0) is 19.3 Å². The number of carboxylic acids is 1. The molecular weight excluding hydrogens is 280 g/mol. The van der Waals surface area contributed by atoms with Crippen LogP contribution in [-0.4, -0.2) is 66.9 Å². The van der Waals surface area contributed by atoms with Crippen molar-refractivity contribution in [3.8, 4) is 0 Å². The molecule has 1 rings (SSSR count). The summed E-state index contributed by atoms with van der Waals surface area (Å²) in [5.41, 5.74) is 0. The van der Waals surface area contributed by atoms with Crippen molar-refractivity contribution in [1.82, 2.24) is 10.2 Å². The Kier molecular flexibility index (Phi) is 6.93. The second-order valence-corrected chi connectivity index (χ2v) is 4.85. The van der Waals surface area contributed by atoms with Gasteiger partial charge in [0.05, 0.1) is 13.2 Å². The Morgan fingerprint density at radius 2 is 2.10 bits per heavy atom. The lowest BCUT2D eigenvalue weighted by atomic mass is 10.2. The smallest absolute Gasteiger partial charge is 0.332 e. The number of esters is 1. The summed E-state index contributed by atoms with van der Waals surface area (Å²) in [4.78, 5) is 35.4. The molecule has 0 spiro atoms. The predicted octanol–water partition coefficient (Wildman–Crippen LogP) is 0.213. The van der Waals surface area contributed by atoms with Crippen LogP contribution in [0.25, 0.3) is 0 Å². The molecule has 120 valence electrons. The molecule has 0 aliphatic carbocycles. The average Bonchev–Trinajstić information content (AvgIpc) is 2.93. The third kappa shape index (κ3) is 5.58. The highest BCUT2D eigenvalue weighted by Gasteiger charge is 2.30. The van der Waals surface area contributed by atoms with E-state index in [0.29, 0.717) is 25.8 Å². The number of methoxy groups -OCH3 is 1. The maximum absolute atomic E-state index is 12.0. The Balaban J connectivity index is 2.39. The van der Waals surface area contributed by atoms with Crippen LogP contribution in [0.15, 0.2) is 0 Å². The van der Waals surface area contributed by atoms with Crippen molar-refractivity contribution in [2.24, 2.45) is 0 Å². The third-order valence-electron chi connectivity index (χ3n) is 3.19. The molecular formula is C13H22N2O6. The second kappa shape index (κ2) is 8.46. The maximum atomic E-state index is 12.0. The number of carboxylic acid groups (broad SMARTS) is 1. The zero-order valence-electron chi connectivity index (χ0n) is 12.3. The number of hydrogen-bond donors (Lipinski definition) is 2. The normalized spacial score (nSPS) is 20.9. The molecule has 1 heterocycles. The molecule has 0 saturated carbocycles. The first kappa shape index (κ1) is 17.2. The zero-order chi connectivity index (χ0) is 15.8. The fourth-order valence-electron chi connectivity index (χ4n) is 2.09. The molecule has 0 aromatic heterocycles. The maximum Gasteiger partial charge on any atom is 0.332 e. The molecule has 2 unspecified atom stereocenters. The number of rotatable bonds is 7. The summed E-state index contributed by atoms with van der Waals surface area (Å²) in [6, 6.07) is -0.385. The summed E-state index contributed by atoms with van der Waals surface area (Å²) in [6.45, 7) is 2.45. The van der Waals surface area contributed by atoms with Crippen LogP contribution in [0.1, 0.15) is 26.2 Å². The molecule has 1 saturated heterocycles. The van der Waals surface area contributed by atoms with Crippen molar-refractivity contribution >= 4 is 18.0 Å². The summed E-state index contributed by atoms with van der Waals surface area (Å²) in [5.74, 6) is -1.47. The Morgan fingerprint density at radius 1 is 1.38 bits per heavy atom. The SMILES string of the molecule is CCCN(CC(=O)OC)C(=O)NCC1CCC(C(=O)O)O1. The fraction of sp³-hybridized carbons (Fsp3) is 0.769. The van der Waals surface area contributed by atoms with Gasteiger partial charge < -0.3 is 24.8 Å². The Labute approximate surface area is 123 Å². The van der Waals surface area contributed by atoms with Gasteiger partial charge in [0.2, 0.25) is 0 Å². The van der Waals surface area contributed by atoms with E-state index in [4.69, 9.17) is 9.84 Å². The topological polar surface area (TPSA) is 105 Å². The van der Waals surface area contributed by atoms with Crippen LogP contribution in [-0.2, 0) is 19.1 Å². The molecule has 2 amide bonds. The first-order chi connectivity index (χ1) is 9.97. The molecule has 8 nitrogen and oxygen atoms in total. The summed E-state index contributed by atoms with van der Waals surface area (Å²) in [5, 5.41) is 11.5. The average molecular weight is 302 g/mol. The molecule has 21 heavy (non-hydrogen) atoms. The number of amides is 2. The minimum Gasteiger partial charge on any atom is -0.479 e. The zero-order valence-corrected chi connectivity index (χ0v) is 12.3. The van der Waals surface area contributed by atoms with Crippen LogP contribution >= 0.6 is 0 Å². The lowest BCUT2D eigenvalue weighted by Crippen LogP contribution is -2.45. The molecule has 1 aliphatic heterocycles. The van der Waals surface area contributed by atoms with Crippen LogP contribution in [0.5, 0.6) is 0 Å². The molecule has 2 N–H and O–H groups in total. The quantitative estimate of drug-likeness (QED) is 0.651. The van der Waals surface area contributed by atoms with Gasteiger partial charge in [-0.1, -0.05) is 6.92 Å². The van der Waals surface area contributed by atoms with Crippen molar-refractivity contribution in [2.45, 2.75) is 38.4 Å². The predicted molar refractivity (Wildman–Crippen MR) is 72.8 cm³/mol. The molecule has 8 heteroatoms. The van der Waals surface area contributed by atoms with Gasteiger partial charge in [0.1, 0.15) is 6.54 Å². The highest BCUT2D eigenvalue weighted by atomic mass is 16.5. The first-order valence-electron chi connectivity index (χ1n) is 6.95. The van der Waals surface area contributed by atoms with E-state index in [0.717, 1.165) is 0 Å². The van der Waals surface area contributed by atoms with E-state index < -0.39 is 18.0 Å². The van der Waals surface area contributed by atoms with Gasteiger partial charge >= 0.3 is 18.0 Å². The van der Waals surface area contributed by atoms with E-state index >= 15 is 0 Å². The molecule has 2 atom stereocenters. The number of carbonyl (C=O) groups excluding carboxylic acids is 2. The van der Waals surface area contributed by atoms with Gasteiger partial charge in [0.25, 0.3) is 0 Å². The summed E-state index contributed by atoms with van der Waals surface area (Å²) in [6.07, 6.45) is 0.634. The lowest BCUT2D eigenvalue weighted by molar-refractivity contribution is -0.149. The van der Waals surface area contributed by atoms with Crippen LogP contribution in [0.4, 0.5) is 4.79 Å². The Hall–Kier alpha value is -1.83. The number of urea groups is 1. The fourth-order valence-corrected chi connectivity index (χ4v) is 2.09. The van der Waals surface area contributed by atoms with Crippen LogP contribution < -0.4 is 5.32 Å². The minimum atomic E-state index is -0.984.